The van der Waals surface area contributed by atoms with Crippen LogP contribution in [-0.2, 0) is 33.3 Å². The zero-order valence-electron chi connectivity index (χ0n) is 9.37. The lowest BCUT2D eigenvalue weighted by Gasteiger charge is -2.30. The van der Waals surface area contributed by atoms with Crippen molar-refractivity contribution in [2.75, 3.05) is 6.61 Å². The molecule has 0 aromatic rings. The highest BCUT2D eigenvalue weighted by atomic mass is 16.8. The van der Waals surface area contributed by atoms with E-state index in [0.717, 1.165) is 0 Å². The zero-order chi connectivity index (χ0) is 12.6. The van der Waals surface area contributed by atoms with Gasteiger partial charge in [0.15, 0.2) is 6.10 Å². The molecule has 0 aromatic carbocycles. The molecule has 2 saturated heterocycles. The lowest BCUT2D eigenvalue weighted by Crippen LogP contribution is -2.53. The predicted octanol–water partition coefficient (Wildman–Crippen LogP) is -0.826. The Kier molecular flexibility index (Phi) is 3.12. The van der Waals surface area contributed by atoms with E-state index in [1.807, 2.05) is 0 Å². The van der Waals surface area contributed by atoms with Crippen molar-refractivity contribution in [1.29, 1.82) is 0 Å². The third-order valence-corrected chi connectivity index (χ3v) is 2.47. The Bertz CT molecular complexity index is 332. The van der Waals surface area contributed by atoms with E-state index in [1.165, 1.54) is 13.8 Å². The molecule has 94 valence electrons. The molecular formula is C10H12O7. The summed E-state index contributed by atoms with van der Waals surface area (Å²) in [5.74, 6) is -1.73. The normalized spacial score (nSPS) is 35.5. The Morgan fingerprint density at radius 3 is 2.35 bits per heavy atom. The Hall–Kier alpha value is -1.47. The maximum absolute atomic E-state index is 11.9. The molecule has 0 N–H and O–H groups in total. The van der Waals surface area contributed by atoms with Gasteiger partial charge in [0.2, 0.25) is 18.2 Å². The summed E-state index contributed by atoms with van der Waals surface area (Å²) in [5, 5.41) is 0. The van der Waals surface area contributed by atoms with Crippen LogP contribution in [0.15, 0.2) is 0 Å². The van der Waals surface area contributed by atoms with E-state index in [1.54, 1.807) is 0 Å². The molecule has 0 saturated carbocycles. The van der Waals surface area contributed by atoms with Gasteiger partial charge in [-0.1, -0.05) is 0 Å². The molecule has 0 radical (unpaired) electrons. The number of hydrogen-bond donors (Lipinski definition) is 0. The molecule has 2 bridgehead atoms. The average molecular weight is 244 g/mol. The topological polar surface area (TPSA) is 88.1 Å². The minimum atomic E-state index is -1.17. The molecule has 4 atom stereocenters. The highest BCUT2D eigenvalue weighted by Crippen LogP contribution is 2.29. The summed E-state index contributed by atoms with van der Waals surface area (Å²) in [6.45, 7) is 2.50. The van der Waals surface area contributed by atoms with Crippen LogP contribution in [0.2, 0.25) is 0 Å². The maximum Gasteiger partial charge on any atom is 0.303 e. The first-order chi connectivity index (χ1) is 7.99. The third-order valence-electron chi connectivity index (χ3n) is 2.47. The van der Waals surface area contributed by atoms with Crippen LogP contribution in [0.4, 0.5) is 0 Å². The predicted molar refractivity (Wildman–Crippen MR) is 50.7 cm³/mol. The number of ether oxygens (including phenoxy) is 4. The maximum atomic E-state index is 11.9. The second-order valence-electron chi connectivity index (χ2n) is 3.84. The number of carbonyl (C=O) groups excluding carboxylic acids is 3. The molecule has 0 aromatic heterocycles. The van der Waals surface area contributed by atoms with Crippen LogP contribution < -0.4 is 0 Å². The van der Waals surface area contributed by atoms with Gasteiger partial charge >= 0.3 is 11.9 Å². The van der Waals surface area contributed by atoms with E-state index >= 15 is 0 Å². The highest BCUT2D eigenvalue weighted by Gasteiger charge is 2.53. The van der Waals surface area contributed by atoms with Gasteiger partial charge in [-0.3, -0.25) is 14.4 Å². The molecule has 0 aliphatic carbocycles. The van der Waals surface area contributed by atoms with Crippen molar-refractivity contribution in [2.24, 2.45) is 0 Å². The van der Waals surface area contributed by atoms with Gasteiger partial charge in [-0.15, -0.1) is 0 Å². The number of carbonyl (C=O) groups is 3. The minimum absolute atomic E-state index is 0.131. The average Bonchev–Trinajstić information content (AvgIpc) is 2.65. The van der Waals surface area contributed by atoms with Gasteiger partial charge < -0.3 is 18.9 Å². The SMILES string of the molecule is CC(=O)O[C@@H]1C(=O)[C@H](OC(C)=O)C2OC[C@H]1O2. The van der Waals surface area contributed by atoms with Crippen LogP contribution in [0.5, 0.6) is 0 Å². The smallest absolute Gasteiger partial charge is 0.303 e. The van der Waals surface area contributed by atoms with Gasteiger partial charge in [0, 0.05) is 13.8 Å². The molecule has 2 aliphatic rings. The number of esters is 2. The van der Waals surface area contributed by atoms with Crippen LogP contribution in [0.1, 0.15) is 13.8 Å². The van der Waals surface area contributed by atoms with Crippen LogP contribution >= 0.6 is 0 Å². The fourth-order valence-electron chi connectivity index (χ4n) is 1.84. The van der Waals surface area contributed by atoms with Gasteiger partial charge in [0.25, 0.3) is 0 Å². The van der Waals surface area contributed by atoms with E-state index < -0.39 is 42.3 Å². The molecular weight excluding hydrogens is 232 g/mol. The summed E-state index contributed by atoms with van der Waals surface area (Å²) in [6, 6.07) is 0. The van der Waals surface area contributed by atoms with E-state index in [-0.39, 0.29) is 6.61 Å². The summed E-state index contributed by atoms with van der Waals surface area (Å²) in [6.07, 6.45) is -3.77. The zero-order valence-corrected chi connectivity index (χ0v) is 9.37. The van der Waals surface area contributed by atoms with Gasteiger partial charge in [-0.2, -0.15) is 0 Å². The van der Waals surface area contributed by atoms with E-state index in [2.05, 4.69) is 0 Å². The lowest BCUT2D eigenvalue weighted by atomic mass is 10.0. The molecule has 7 nitrogen and oxygen atoms in total. The van der Waals surface area contributed by atoms with Crippen molar-refractivity contribution in [3.63, 3.8) is 0 Å². The minimum Gasteiger partial charge on any atom is -0.451 e. The Labute approximate surface area is 97.0 Å². The monoisotopic (exact) mass is 244 g/mol. The summed E-state index contributed by atoms with van der Waals surface area (Å²) >= 11 is 0. The molecule has 2 rings (SSSR count). The van der Waals surface area contributed by atoms with Crippen molar-refractivity contribution in [1.82, 2.24) is 0 Å². The van der Waals surface area contributed by atoms with Crippen molar-refractivity contribution < 1.29 is 33.3 Å². The van der Waals surface area contributed by atoms with Crippen molar-refractivity contribution in [2.45, 2.75) is 38.4 Å². The molecule has 0 spiro atoms. The van der Waals surface area contributed by atoms with Gasteiger partial charge in [0.1, 0.15) is 6.10 Å². The fraction of sp³-hybridized carbons (Fsp3) is 0.700. The van der Waals surface area contributed by atoms with Gasteiger partial charge in [0.05, 0.1) is 6.61 Å². The van der Waals surface area contributed by atoms with Crippen molar-refractivity contribution >= 4 is 17.7 Å². The Morgan fingerprint density at radius 2 is 1.76 bits per heavy atom. The van der Waals surface area contributed by atoms with Crippen LogP contribution in [0.3, 0.4) is 0 Å². The second-order valence-corrected chi connectivity index (χ2v) is 3.84. The molecule has 17 heavy (non-hydrogen) atoms. The molecule has 0 amide bonds. The van der Waals surface area contributed by atoms with E-state index in [9.17, 15) is 14.4 Å². The lowest BCUT2D eigenvalue weighted by molar-refractivity contribution is -0.206. The first-order valence-electron chi connectivity index (χ1n) is 5.14. The van der Waals surface area contributed by atoms with Crippen LogP contribution in [0.25, 0.3) is 0 Å². The van der Waals surface area contributed by atoms with Gasteiger partial charge in [-0.25, -0.2) is 0 Å². The summed E-state index contributed by atoms with van der Waals surface area (Å²) < 4.78 is 20.1. The molecule has 2 fully saturated rings. The number of fused-ring (bicyclic) bond motifs is 2. The van der Waals surface area contributed by atoms with Crippen LogP contribution in [-0.4, -0.2) is 48.9 Å². The Morgan fingerprint density at radius 1 is 1.18 bits per heavy atom. The van der Waals surface area contributed by atoms with Gasteiger partial charge in [-0.05, 0) is 0 Å². The highest BCUT2D eigenvalue weighted by molar-refractivity contribution is 5.92. The quantitative estimate of drug-likeness (QED) is 0.586. The number of hydrogen-bond acceptors (Lipinski definition) is 7. The molecule has 2 aliphatic heterocycles. The van der Waals surface area contributed by atoms with E-state index in [4.69, 9.17) is 18.9 Å². The molecule has 2 heterocycles. The first kappa shape index (κ1) is 12.0. The van der Waals surface area contributed by atoms with E-state index in [0.29, 0.717) is 0 Å². The second kappa shape index (κ2) is 4.42. The standard InChI is InChI=1S/C10H12O7/c1-4(11)15-8-6-3-14-10(17-6)9(7(8)13)16-5(2)12/h6,8-10H,3H2,1-2H3/t6-,8+,9+,10?/m1/s1. The first-order valence-corrected chi connectivity index (χ1v) is 5.14. The van der Waals surface area contributed by atoms with Crippen LogP contribution in [0, 0.1) is 0 Å². The third kappa shape index (κ3) is 2.29. The Balaban J connectivity index is 2.15. The largest absolute Gasteiger partial charge is 0.451 e. The number of Topliss-reactive ketones (excluding diaryl/α,β-unsaturated/α-hetero) is 1. The number of rotatable bonds is 2. The summed E-state index contributed by atoms with van der Waals surface area (Å²) in [4.78, 5) is 33.7. The number of ketones is 1. The molecule has 7 heteroatoms. The molecule has 1 unspecified atom stereocenters. The summed E-state index contributed by atoms with van der Waals surface area (Å²) in [7, 11) is 0. The summed E-state index contributed by atoms with van der Waals surface area (Å²) in [5.41, 5.74) is 0. The van der Waals surface area contributed by atoms with Crippen molar-refractivity contribution in [3.8, 4) is 0 Å². The van der Waals surface area contributed by atoms with Crippen molar-refractivity contribution in [3.05, 3.63) is 0 Å². The fourth-order valence-corrected chi connectivity index (χ4v) is 1.84.